The zero-order chi connectivity index (χ0) is 23.8. The second-order valence-corrected chi connectivity index (χ2v) is 11.1. The van der Waals surface area contributed by atoms with Crippen LogP contribution in [-0.4, -0.2) is 33.2 Å². The van der Waals surface area contributed by atoms with Crippen LogP contribution < -0.4 is 9.62 Å². The molecule has 174 valence electrons. The molecule has 1 N–H and O–H groups in total. The smallest absolute Gasteiger partial charge is 0.264 e. The molecule has 3 aromatic rings. The fourth-order valence-electron chi connectivity index (χ4n) is 2.94. The van der Waals surface area contributed by atoms with E-state index in [1.54, 1.807) is 72.4 Å². The van der Waals surface area contributed by atoms with Crippen LogP contribution in [0.2, 0.25) is 15.1 Å². The van der Waals surface area contributed by atoms with Gasteiger partial charge in [-0.05, 0) is 54.1 Å². The van der Waals surface area contributed by atoms with Gasteiger partial charge < -0.3 is 5.32 Å². The van der Waals surface area contributed by atoms with E-state index < -0.39 is 15.9 Å². The lowest BCUT2D eigenvalue weighted by molar-refractivity contribution is -0.119. The number of thioether (sulfide) groups is 1. The lowest BCUT2D eigenvalue weighted by atomic mass is 10.2. The third kappa shape index (κ3) is 7.04. The summed E-state index contributed by atoms with van der Waals surface area (Å²) in [5.41, 5.74) is 1.20. The summed E-state index contributed by atoms with van der Waals surface area (Å²) in [6, 6.07) is 19.6. The number of anilines is 1. The number of rotatable bonds is 10. The van der Waals surface area contributed by atoms with Crippen LogP contribution in [0.3, 0.4) is 0 Å². The fourth-order valence-corrected chi connectivity index (χ4v) is 6.10. The molecule has 0 aromatic heterocycles. The summed E-state index contributed by atoms with van der Waals surface area (Å²) in [4.78, 5) is 12.7. The van der Waals surface area contributed by atoms with Gasteiger partial charge in [-0.3, -0.25) is 9.10 Å². The van der Waals surface area contributed by atoms with Crippen LogP contribution in [0.1, 0.15) is 5.56 Å². The quantitative estimate of drug-likeness (QED) is 0.324. The van der Waals surface area contributed by atoms with E-state index in [-0.39, 0.29) is 11.4 Å². The van der Waals surface area contributed by atoms with E-state index in [9.17, 15) is 13.2 Å². The Morgan fingerprint density at radius 3 is 2.15 bits per heavy atom. The lowest BCUT2D eigenvalue weighted by Crippen LogP contribution is -2.41. The van der Waals surface area contributed by atoms with Crippen molar-refractivity contribution in [2.45, 2.75) is 10.6 Å². The summed E-state index contributed by atoms with van der Waals surface area (Å²) < 4.78 is 27.5. The number of carbonyl (C=O) groups excluding carboxylic acids is 1. The first-order valence-electron chi connectivity index (χ1n) is 9.90. The Balaban J connectivity index is 1.62. The predicted octanol–water partition coefficient (Wildman–Crippen LogP) is 5.89. The maximum Gasteiger partial charge on any atom is 0.264 e. The van der Waals surface area contributed by atoms with Crippen LogP contribution in [0.4, 0.5) is 5.69 Å². The Morgan fingerprint density at radius 1 is 0.879 bits per heavy atom. The van der Waals surface area contributed by atoms with Crippen molar-refractivity contribution in [3.05, 3.63) is 93.4 Å². The number of hydrogen-bond donors (Lipinski definition) is 1. The van der Waals surface area contributed by atoms with Crippen molar-refractivity contribution in [1.29, 1.82) is 0 Å². The SMILES string of the molecule is O=C(CN(c1ccc(Cl)cc1)S(=O)(=O)c1ccccc1)NCCSCc1c(Cl)cccc1Cl. The minimum absolute atomic E-state index is 0.0972. The van der Waals surface area contributed by atoms with Crippen LogP contribution in [0, 0.1) is 0 Å². The van der Waals surface area contributed by atoms with Crippen molar-refractivity contribution in [3.8, 4) is 0 Å². The van der Waals surface area contributed by atoms with Gasteiger partial charge >= 0.3 is 0 Å². The standard InChI is InChI=1S/C23H21Cl3N2O3S2/c24-17-9-11-18(12-10-17)28(33(30,31)19-5-2-1-3-6-19)15-23(29)27-13-14-32-16-20-21(25)7-4-8-22(20)26/h1-12H,13-16H2,(H,27,29). The van der Waals surface area contributed by atoms with E-state index in [1.165, 1.54) is 12.1 Å². The first-order chi connectivity index (χ1) is 15.8. The van der Waals surface area contributed by atoms with Crippen molar-refractivity contribution in [3.63, 3.8) is 0 Å². The first-order valence-corrected chi connectivity index (χ1v) is 13.6. The molecule has 0 heterocycles. The van der Waals surface area contributed by atoms with Gasteiger partial charge in [-0.25, -0.2) is 8.42 Å². The molecule has 3 rings (SSSR count). The first kappa shape index (κ1) is 25.7. The Bertz CT molecular complexity index is 1170. The summed E-state index contributed by atoms with van der Waals surface area (Å²) in [6.45, 7) is 0.00524. The number of amides is 1. The van der Waals surface area contributed by atoms with E-state index >= 15 is 0 Å². The number of halogens is 3. The highest BCUT2D eigenvalue weighted by atomic mass is 35.5. The summed E-state index contributed by atoms with van der Waals surface area (Å²) in [5, 5.41) is 4.45. The maximum atomic E-state index is 13.2. The van der Waals surface area contributed by atoms with Crippen molar-refractivity contribution >= 4 is 68.2 Å². The van der Waals surface area contributed by atoms with Gasteiger partial charge in [0, 0.05) is 33.1 Å². The molecule has 0 spiro atoms. The number of carbonyl (C=O) groups is 1. The molecule has 0 radical (unpaired) electrons. The molecule has 0 bridgehead atoms. The van der Waals surface area contributed by atoms with Crippen LogP contribution in [0.5, 0.6) is 0 Å². The minimum atomic E-state index is -3.95. The highest BCUT2D eigenvalue weighted by Crippen LogP contribution is 2.28. The average Bonchev–Trinajstić information content (AvgIpc) is 2.80. The molecule has 0 atom stereocenters. The van der Waals surface area contributed by atoms with E-state index in [4.69, 9.17) is 34.8 Å². The van der Waals surface area contributed by atoms with Crippen molar-refractivity contribution in [2.75, 3.05) is 23.1 Å². The maximum absolute atomic E-state index is 13.2. The molecule has 0 fully saturated rings. The number of hydrogen-bond acceptors (Lipinski definition) is 4. The summed E-state index contributed by atoms with van der Waals surface area (Å²) >= 11 is 19.9. The molecular weight excluding hydrogens is 523 g/mol. The lowest BCUT2D eigenvalue weighted by Gasteiger charge is -2.24. The molecule has 0 aliphatic carbocycles. The van der Waals surface area contributed by atoms with Gasteiger partial charge in [-0.2, -0.15) is 11.8 Å². The predicted molar refractivity (Wildman–Crippen MR) is 138 cm³/mol. The Kier molecular flexibility index (Phi) is 9.35. The molecule has 10 heteroatoms. The molecule has 0 saturated heterocycles. The topological polar surface area (TPSA) is 66.5 Å². The number of nitrogens with one attached hydrogen (secondary N) is 1. The molecule has 3 aromatic carbocycles. The third-order valence-corrected chi connectivity index (χ3v) is 8.34. The fraction of sp³-hybridized carbons (Fsp3) is 0.174. The third-order valence-electron chi connectivity index (χ3n) is 4.61. The van der Waals surface area contributed by atoms with E-state index in [0.717, 1.165) is 9.87 Å². The van der Waals surface area contributed by atoms with Crippen molar-refractivity contribution in [2.24, 2.45) is 0 Å². The molecule has 0 aliphatic heterocycles. The molecule has 33 heavy (non-hydrogen) atoms. The second-order valence-electron chi connectivity index (χ2n) is 6.90. The highest BCUT2D eigenvalue weighted by molar-refractivity contribution is 7.98. The number of nitrogens with zero attached hydrogens (tertiary/aromatic N) is 1. The van der Waals surface area contributed by atoms with Gasteiger partial charge in [-0.1, -0.05) is 59.1 Å². The summed E-state index contributed by atoms with van der Waals surface area (Å²) in [7, 11) is -3.95. The highest BCUT2D eigenvalue weighted by Gasteiger charge is 2.27. The van der Waals surface area contributed by atoms with Gasteiger partial charge in [0.25, 0.3) is 10.0 Å². The minimum Gasteiger partial charge on any atom is -0.354 e. The second kappa shape index (κ2) is 12.0. The van der Waals surface area contributed by atoms with Crippen LogP contribution in [-0.2, 0) is 20.6 Å². The summed E-state index contributed by atoms with van der Waals surface area (Å²) in [6.07, 6.45) is 0. The zero-order valence-electron chi connectivity index (χ0n) is 17.4. The van der Waals surface area contributed by atoms with Gasteiger partial charge in [0.15, 0.2) is 0 Å². The van der Waals surface area contributed by atoms with Crippen molar-refractivity contribution in [1.82, 2.24) is 5.32 Å². The Hall–Kier alpha value is -1.90. The van der Waals surface area contributed by atoms with Crippen LogP contribution in [0.25, 0.3) is 0 Å². The molecule has 0 unspecified atom stereocenters. The average molecular weight is 544 g/mol. The Morgan fingerprint density at radius 2 is 1.52 bits per heavy atom. The van der Waals surface area contributed by atoms with Crippen LogP contribution in [0.15, 0.2) is 77.7 Å². The molecule has 1 amide bonds. The van der Waals surface area contributed by atoms with Gasteiger partial charge in [0.1, 0.15) is 6.54 Å². The summed E-state index contributed by atoms with van der Waals surface area (Å²) in [5.74, 6) is 0.800. The zero-order valence-corrected chi connectivity index (χ0v) is 21.3. The molecule has 5 nitrogen and oxygen atoms in total. The van der Waals surface area contributed by atoms with Gasteiger partial charge in [0.05, 0.1) is 10.6 Å². The Labute approximate surface area is 213 Å². The number of sulfonamides is 1. The van der Waals surface area contributed by atoms with Crippen molar-refractivity contribution < 1.29 is 13.2 Å². The van der Waals surface area contributed by atoms with Gasteiger partial charge in [0.2, 0.25) is 5.91 Å². The normalized spacial score (nSPS) is 11.2. The number of benzene rings is 3. The van der Waals surface area contributed by atoms with Crippen LogP contribution >= 0.6 is 46.6 Å². The monoisotopic (exact) mass is 542 g/mol. The molecular formula is C23H21Cl3N2O3S2. The largest absolute Gasteiger partial charge is 0.354 e. The molecule has 0 aliphatic rings. The van der Waals surface area contributed by atoms with E-state index in [1.807, 2.05) is 0 Å². The van der Waals surface area contributed by atoms with Gasteiger partial charge in [-0.15, -0.1) is 0 Å². The van der Waals surface area contributed by atoms with E-state index in [2.05, 4.69) is 5.32 Å². The van der Waals surface area contributed by atoms with E-state index in [0.29, 0.717) is 38.8 Å². The molecule has 0 saturated carbocycles.